The Balaban J connectivity index is 1.14. The first-order chi connectivity index (χ1) is 24.9. The van der Waals surface area contributed by atoms with Crippen molar-refractivity contribution >= 4 is 35.0 Å². The van der Waals surface area contributed by atoms with Crippen LogP contribution in [0.4, 0.5) is 11.4 Å². The molecule has 1 saturated heterocycles. The number of anilines is 2. The number of imide groups is 1. The van der Waals surface area contributed by atoms with E-state index in [0.717, 1.165) is 48.5 Å². The second-order valence-electron chi connectivity index (χ2n) is 14.2. The van der Waals surface area contributed by atoms with Gasteiger partial charge >= 0.3 is 0 Å². The highest BCUT2D eigenvalue weighted by atomic mass is 16.5. The molecule has 1 saturated carbocycles. The average Bonchev–Trinajstić information content (AvgIpc) is 3.41. The smallest absolute Gasteiger partial charge is 0.262 e. The molecule has 2 fully saturated rings. The Morgan fingerprint density at radius 1 is 0.843 bits per heavy atom. The second-order valence-corrected chi connectivity index (χ2v) is 14.2. The number of carbonyl (C=O) groups is 4. The van der Waals surface area contributed by atoms with E-state index in [1.807, 2.05) is 30.3 Å². The topological polar surface area (TPSA) is 112 Å². The summed E-state index contributed by atoms with van der Waals surface area (Å²) in [6.45, 7) is 2.60. The Kier molecular flexibility index (Phi) is 8.85. The summed E-state index contributed by atoms with van der Waals surface area (Å²) >= 11 is 0. The number of benzene rings is 3. The fraction of sp³-hybridized carbons (Fsp3) is 0.341. The number of aromatic nitrogens is 1. The van der Waals surface area contributed by atoms with Crippen molar-refractivity contribution in [2.45, 2.75) is 44.2 Å². The zero-order valence-corrected chi connectivity index (χ0v) is 28.5. The largest absolute Gasteiger partial charge is 0.378 e. The summed E-state index contributed by atoms with van der Waals surface area (Å²) in [6.07, 6.45) is 6.78. The van der Waals surface area contributed by atoms with E-state index >= 15 is 0 Å². The molecule has 10 heteroatoms. The van der Waals surface area contributed by atoms with Gasteiger partial charge in [-0.3, -0.25) is 29.1 Å². The SMILES string of the molecule is O=C1c2ccccc2C(=O)N1CC(=O)N(Cc1cccnc1)[C@@]1(C(=O)Nc2ccc(N3CCOCC3)cc2)CC[C@@H]2Cc3ccccc3C[C@H]2C1. The summed E-state index contributed by atoms with van der Waals surface area (Å²) in [5, 5.41) is 3.20. The van der Waals surface area contributed by atoms with Crippen molar-refractivity contribution in [1.82, 2.24) is 14.8 Å². The highest BCUT2D eigenvalue weighted by molar-refractivity contribution is 6.22. The molecule has 0 unspecified atom stereocenters. The number of carbonyl (C=O) groups excluding carboxylic acids is 4. The molecule has 10 nitrogen and oxygen atoms in total. The molecule has 3 atom stereocenters. The lowest BCUT2D eigenvalue weighted by Gasteiger charge is -2.51. The maximum atomic E-state index is 15.0. The first kappa shape index (κ1) is 32.8. The fourth-order valence-corrected chi connectivity index (χ4v) is 8.54. The van der Waals surface area contributed by atoms with E-state index in [1.165, 1.54) is 11.1 Å². The monoisotopic (exact) mass is 683 g/mol. The van der Waals surface area contributed by atoms with Gasteiger partial charge in [-0.25, -0.2) is 0 Å². The highest BCUT2D eigenvalue weighted by Crippen LogP contribution is 2.47. The number of ether oxygens (including phenoxy) is 1. The number of hydrogen-bond acceptors (Lipinski definition) is 7. The molecule has 1 N–H and O–H groups in total. The Morgan fingerprint density at radius 3 is 2.18 bits per heavy atom. The van der Waals surface area contributed by atoms with Gasteiger partial charge in [0.15, 0.2) is 0 Å². The predicted molar refractivity (Wildman–Crippen MR) is 192 cm³/mol. The molecule has 4 aliphatic rings. The molecule has 2 aliphatic carbocycles. The van der Waals surface area contributed by atoms with Crippen LogP contribution in [0.3, 0.4) is 0 Å². The van der Waals surface area contributed by atoms with Crippen molar-refractivity contribution < 1.29 is 23.9 Å². The molecule has 260 valence electrons. The number of pyridine rings is 1. The van der Waals surface area contributed by atoms with Crippen molar-refractivity contribution in [2.24, 2.45) is 11.8 Å². The first-order valence-corrected chi connectivity index (χ1v) is 17.9. The third-order valence-electron chi connectivity index (χ3n) is 11.3. The van der Waals surface area contributed by atoms with Gasteiger partial charge in [-0.05, 0) is 103 Å². The summed E-state index contributed by atoms with van der Waals surface area (Å²) < 4.78 is 5.51. The van der Waals surface area contributed by atoms with Crippen LogP contribution in [-0.2, 0) is 33.7 Å². The summed E-state index contributed by atoms with van der Waals surface area (Å²) in [5.41, 5.74) is 4.40. The number of hydrogen-bond donors (Lipinski definition) is 1. The maximum absolute atomic E-state index is 15.0. The summed E-state index contributed by atoms with van der Waals surface area (Å²) in [5.74, 6) is -1.19. The lowest BCUT2D eigenvalue weighted by molar-refractivity contribution is -0.151. The van der Waals surface area contributed by atoms with Crippen LogP contribution in [0.15, 0.2) is 97.3 Å². The minimum Gasteiger partial charge on any atom is -0.378 e. The normalized spacial score (nSPS) is 22.5. The van der Waals surface area contributed by atoms with Crippen molar-refractivity contribution in [1.29, 1.82) is 0 Å². The van der Waals surface area contributed by atoms with Crippen LogP contribution in [-0.4, -0.2) is 76.8 Å². The molecule has 1 aromatic heterocycles. The van der Waals surface area contributed by atoms with Crippen LogP contribution in [0.2, 0.25) is 0 Å². The number of nitrogens with zero attached hydrogens (tertiary/aromatic N) is 4. The lowest BCUT2D eigenvalue weighted by Crippen LogP contribution is -2.63. The van der Waals surface area contributed by atoms with Gasteiger partial charge in [0.2, 0.25) is 11.8 Å². The van der Waals surface area contributed by atoms with Crippen LogP contribution in [0.5, 0.6) is 0 Å². The Hall–Kier alpha value is -5.35. The molecule has 8 rings (SSSR count). The molecular weight excluding hydrogens is 642 g/mol. The van der Waals surface area contributed by atoms with Gasteiger partial charge in [0.1, 0.15) is 12.1 Å². The average molecular weight is 684 g/mol. The van der Waals surface area contributed by atoms with E-state index in [2.05, 4.69) is 39.5 Å². The summed E-state index contributed by atoms with van der Waals surface area (Å²) in [4.78, 5) is 65.8. The van der Waals surface area contributed by atoms with E-state index in [0.29, 0.717) is 37.7 Å². The van der Waals surface area contributed by atoms with E-state index in [-0.39, 0.29) is 29.5 Å². The number of rotatable bonds is 8. The van der Waals surface area contributed by atoms with E-state index < -0.39 is 29.8 Å². The molecule has 2 aliphatic heterocycles. The highest BCUT2D eigenvalue weighted by Gasteiger charge is 2.53. The Morgan fingerprint density at radius 2 is 1.51 bits per heavy atom. The summed E-state index contributed by atoms with van der Waals surface area (Å²) in [6, 6.07) is 26.6. The molecule has 4 amide bonds. The number of fused-ring (bicyclic) bond motifs is 3. The van der Waals surface area contributed by atoms with E-state index in [9.17, 15) is 19.2 Å². The van der Waals surface area contributed by atoms with Gasteiger partial charge in [-0.15, -0.1) is 0 Å². The zero-order chi connectivity index (χ0) is 35.0. The minimum absolute atomic E-state index is 0.104. The Labute approximate surface area is 297 Å². The fourth-order valence-electron chi connectivity index (χ4n) is 8.54. The van der Waals surface area contributed by atoms with Gasteiger partial charge in [0, 0.05) is 43.4 Å². The third kappa shape index (κ3) is 6.29. The van der Waals surface area contributed by atoms with Crippen molar-refractivity contribution in [3.8, 4) is 0 Å². The molecule has 0 bridgehead atoms. The van der Waals surface area contributed by atoms with Gasteiger partial charge in [-0.1, -0.05) is 42.5 Å². The van der Waals surface area contributed by atoms with Crippen molar-refractivity contribution in [3.05, 3.63) is 125 Å². The molecule has 3 heterocycles. The number of nitrogens with one attached hydrogen (secondary N) is 1. The van der Waals surface area contributed by atoms with Crippen molar-refractivity contribution in [3.63, 3.8) is 0 Å². The van der Waals surface area contributed by atoms with Crippen LogP contribution in [0.1, 0.15) is 56.7 Å². The zero-order valence-electron chi connectivity index (χ0n) is 28.5. The number of morpholine rings is 1. The van der Waals surface area contributed by atoms with Gasteiger partial charge in [-0.2, -0.15) is 0 Å². The third-order valence-corrected chi connectivity index (χ3v) is 11.3. The summed E-state index contributed by atoms with van der Waals surface area (Å²) in [7, 11) is 0. The molecule has 0 radical (unpaired) electrons. The first-order valence-electron chi connectivity index (χ1n) is 17.9. The molecule has 51 heavy (non-hydrogen) atoms. The van der Waals surface area contributed by atoms with Crippen molar-refractivity contribution in [2.75, 3.05) is 43.1 Å². The van der Waals surface area contributed by atoms with Crippen LogP contribution in [0, 0.1) is 11.8 Å². The van der Waals surface area contributed by atoms with Gasteiger partial charge in [0.25, 0.3) is 11.8 Å². The standard InChI is InChI=1S/C41H41N5O5/c47-37(27-45-38(48)35-9-3-4-10-36(35)39(45)49)46(26-28-6-5-17-42-25-28)41(16-15-31-22-29-7-1-2-8-30(29)23-32(31)24-41)40(50)43-33-11-13-34(14-12-33)44-18-20-51-21-19-44/h1-14,17,25,31-32H,15-16,18-24,26-27H2,(H,43,50)/t31-,32+,41+/m1/s1. The predicted octanol–water partition coefficient (Wildman–Crippen LogP) is 5.14. The molecule has 4 aromatic rings. The Bertz CT molecular complexity index is 1930. The van der Waals surface area contributed by atoms with Crippen LogP contribution >= 0.6 is 0 Å². The quantitative estimate of drug-likeness (QED) is 0.256. The van der Waals surface area contributed by atoms with Crippen LogP contribution in [0.25, 0.3) is 0 Å². The second kappa shape index (κ2) is 13.8. The number of amides is 4. The van der Waals surface area contributed by atoms with E-state index in [4.69, 9.17) is 4.74 Å². The minimum atomic E-state index is -1.25. The lowest BCUT2D eigenvalue weighted by atomic mass is 9.62. The molecule has 0 spiro atoms. The van der Waals surface area contributed by atoms with E-state index in [1.54, 1.807) is 47.6 Å². The molecular formula is C41H41N5O5. The van der Waals surface area contributed by atoms with Gasteiger partial charge in [0.05, 0.1) is 24.3 Å². The van der Waals surface area contributed by atoms with Gasteiger partial charge < -0.3 is 19.9 Å². The molecule has 3 aromatic carbocycles. The van der Waals surface area contributed by atoms with Crippen LogP contribution < -0.4 is 10.2 Å². The maximum Gasteiger partial charge on any atom is 0.262 e.